The molecule has 0 aromatic carbocycles. The summed E-state index contributed by atoms with van der Waals surface area (Å²) in [5.41, 5.74) is 0. The Morgan fingerprint density at radius 2 is 2.46 bits per heavy atom. The van der Waals surface area contributed by atoms with Crippen molar-refractivity contribution >= 4 is 15.9 Å². The first-order valence-corrected chi connectivity index (χ1v) is 6.17. The molecule has 1 rings (SSSR count). The molecule has 0 aliphatic carbocycles. The van der Waals surface area contributed by atoms with E-state index in [0.717, 1.165) is 32.2 Å². The minimum absolute atomic E-state index is 0.680. The highest BCUT2D eigenvalue weighted by atomic mass is 79.9. The fourth-order valence-electron chi connectivity index (χ4n) is 1.51. The van der Waals surface area contributed by atoms with E-state index in [1.807, 2.05) is 0 Å². The van der Waals surface area contributed by atoms with E-state index in [2.05, 4.69) is 28.2 Å². The fourth-order valence-corrected chi connectivity index (χ4v) is 1.74. The van der Waals surface area contributed by atoms with Crippen molar-refractivity contribution in [1.82, 2.24) is 5.32 Å². The summed E-state index contributed by atoms with van der Waals surface area (Å²) in [5.74, 6) is 0.760. The molecule has 1 saturated heterocycles. The summed E-state index contributed by atoms with van der Waals surface area (Å²) in [5, 5.41) is 3.48. The molecule has 0 saturated carbocycles. The Bertz CT molecular complexity index is 126. The lowest BCUT2D eigenvalue weighted by molar-refractivity contribution is 0.185. The van der Waals surface area contributed by atoms with E-state index in [1.165, 1.54) is 19.3 Å². The van der Waals surface area contributed by atoms with Gasteiger partial charge in [-0.2, -0.15) is 0 Å². The predicted molar refractivity (Wildman–Crippen MR) is 59.4 cm³/mol. The zero-order chi connectivity index (χ0) is 9.52. The molecule has 1 N–H and O–H groups in total. The van der Waals surface area contributed by atoms with Gasteiger partial charge in [-0.05, 0) is 31.7 Å². The summed E-state index contributed by atoms with van der Waals surface area (Å²) in [6, 6.07) is 0. The van der Waals surface area contributed by atoms with Crippen LogP contribution in [0.3, 0.4) is 0 Å². The van der Waals surface area contributed by atoms with Crippen molar-refractivity contribution in [3.05, 3.63) is 0 Å². The molecule has 1 aliphatic rings. The Labute approximate surface area is 89.5 Å². The number of rotatable bonds is 6. The Hall–Kier alpha value is 0.400. The predicted octanol–water partition coefficient (Wildman–Crippen LogP) is 2.18. The molecule has 78 valence electrons. The van der Waals surface area contributed by atoms with Gasteiger partial charge in [-0.15, -0.1) is 0 Å². The molecular weight excluding hydrogens is 230 g/mol. The van der Waals surface area contributed by atoms with Crippen LogP contribution in [-0.4, -0.2) is 31.1 Å². The van der Waals surface area contributed by atoms with Crippen molar-refractivity contribution in [3.63, 3.8) is 0 Å². The Morgan fingerprint density at radius 3 is 3.08 bits per heavy atom. The zero-order valence-corrected chi connectivity index (χ0v) is 9.98. The first kappa shape index (κ1) is 11.5. The highest BCUT2D eigenvalue weighted by molar-refractivity contribution is 9.09. The Balaban J connectivity index is 1.88. The third-order valence-corrected chi connectivity index (χ3v) is 3.64. The standard InChI is InChI=1S/C10H20BrNO/c1-2-10(11)3-5-12-7-9-4-6-13-8-9/h9-10,12H,2-8H2,1H3. The molecular formula is C10H20BrNO. The maximum Gasteiger partial charge on any atom is 0.0507 e. The smallest absolute Gasteiger partial charge is 0.0507 e. The molecule has 0 aromatic rings. The molecule has 3 heteroatoms. The number of nitrogens with one attached hydrogen (secondary N) is 1. The second kappa shape index (κ2) is 6.80. The minimum atomic E-state index is 0.680. The van der Waals surface area contributed by atoms with E-state index < -0.39 is 0 Å². The molecule has 2 atom stereocenters. The minimum Gasteiger partial charge on any atom is -0.381 e. The summed E-state index contributed by atoms with van der Waals surface area (Å²) in [4.78, 5) is 0.680. The van der Waals surface area contributed by atoms with Crippen molar-refractivity contribution in [3.8, 4) is 0 Å². The van der Waals surface area contributed by atoms with Crippen LogP contribution >= 0.6 is 15.9 Å². The third-order valence-electron chi connectivity index (χ3n) is 2.53. The van der Waals surface area contributed by atoms with Crippen LogP contribution < -0.4 is 5.32 Å². The van der Waals surface area contributed by atoms with E-state index in [-0.39, 0.29) is 0 Å². The van der Waals surface area contributed by atoms with Gasteiger partial charge in [0.25, 0.3) is 0 Å². The third kappa shape index (κ3) is 4.99. The molecule has 0 bridgehead atoms. The molecule has 0 aromatic heterocycles. The maximum atomic E-state index is 5.31. The summed E-state index contributed by atoms with van der Waals surface area (Å²) in [7, 11) is 0. The summed E-state index contributed by atoms with van der Waals surface area (Å²) in [6.45, 7) is 6.38. The van der Waals surface area contributed by atoms with Crippen molar-refractivity contribution in [1.29, 1.82) is 0 Å². The molecule has 0 spiro atoms. The van der Waals surface area contributed by atoms with Crippen molar-refractivity contribution in [2.75, 3.05) is 26.3 Å². The average molecular weight is 250 g/mol. The van der Waals surface area contributed by atoms with Gasteiger partial charge in [-0.3, -0.25) is 0 Å². The number of halogens is 1. The molecule has 1 aliphatic heterocycles. The van der Waals surface area contributed by atoms with Gasteiger partial charge < -0.3 is 10.1 Å². The van der Waals surface area contributed by atoms with Crippen LogP contribution in [0.25, 0.3) is 0 Å². The summed E-state index contributed by atoms with van der Waals surface area (Å²) >= 11 is 3.63. The highest BCUT2D eigenvalue weighted by Gasteiger charge is 2.14. The van der Waals surface area contributed by atoms with Gasteiger partial charge in [-0.1, -0.05) is 22.9 Å². The molecule has 13 heavy (non-hydrogen) atoms. The van der Waals surface area contributed by atoms with Crippen LogP contribution in [0, 0.1) is 5.92 Å². The number of hydrogen-bond acceptors (Lipinski definition) is 2. The van der Waals surface area contributed by atoms with Gasteiger partial charge in [0.2, 0.25) is 0 Å². The van der Waals surface area contributed by atoms with Gasteiger partial charge >= 0.3 is 0 Å². The molecule has 0 radical (unpaired) electrons. The molecule has 2 unspecified atom stereocenters. The fraction of sp³-hybridized carbons (Fsp3) is 1.00. The van der Waals surface area contributed by atoms with Crippen LogP contribution in [0.4, 0.5) is 0 Å². The SMILES string of the molecule is CCC(Br)CCNCC1CCOC1. The van der Waals surface area contributed by atoms with Gasteiger partial charge in [0.15, 0.2) is 0 Å². The first-order valence-electron chi connectivity index (χ1n) is 5.25. The quantitative estimate of drug-likeness (QED) is 0.576. The second-order valence-electron chi connectivity index (χ2n) is 3.73. The molecule has 1 heterocycles. The monoisotopic (exact) mass is 249 g/mol. The van der Waals surface area contributed by atoms with Gasteiger partial charge in [0.05, 0.1) is 6.61 Å². The van der Waals surface area contributed by atoms with Crippen LogP contribution in [0.2, 0.25) is 0 Å². The molecule has 2 nitrogen and oxygen atoms in total. The topological polar surface area (TPSA) is 21.3 Å². The van der Waals surface area contributed by atoms with E-state index in [0.29, 0.717) is 4.83 Å². The largest absolute Gasteiger partial charge is 0.381 e. The summed E-state index contributed by atoms with van der Waals surface area (Å²) in [6.07, 6.45) is 3.68. The molecule has 0 amide bonds. The number of hydrogen-bond donors (Lipinski definition) is 1. The molecule has 1 fully saturated rings. The lowest BCUT2D eigenvalue weighted by Crippen LogP contribution is -2.25. The van der Waals surface area contributed by atoms with E-state index in [1.54, 1.807) is 0 Å². The Morgan fingerprint density at radius 1 is 1.62 bits per heavy atom. The maximum absolute atomic E-state index is 5.31. The van der Waals surface area contributed by atoms with Gasteiger partial charge in [0.1, 0.15) is 0 Å². The highest BCUT2D eigenvalue weighted by Crippen LogP contribution is 2.11. The van der Waals surface area contributed by atoms with Crippen LogP contribution in [-0.2, 0) is 4.74 Å². The van der Waals surface area contributed by atoms with Crippen molar-refractivity contribution < 1.29 is 4.74 Å². The Kier molecular flexibility index (Phi) is 6.00. The van der Waals surface area contributed by atoms with Gasteiger partial charge in [-0.25, -0.2) is 0 Å². The van der Waals surface area contributed by atoms with Crippen molar-refractivity contribution in [2.24, 2.45) is 5.92 Å². The lowest BCUT2D eigenvalue weighted by Gasteiger charge is -2.10. The number of alkyl halides is 1. The van der Waals surface area contributed by atoms with Gasteiger partial charge in [0, 0.05) is 18.0 Å². The zero-order valence-electron chi connectivity index (χ0n) is 8.39. The second-order valence-corrected chi connectivity index (χ2v) is 5.02. The van der Waals surface area contributed by atoms with Crippen molar-refractivity contribution in [2.45, 2.75) is 31.0 Å². The number of ether oxygens (including phenoxy) is 1. The lowest BCUT2D eigenvalue weighted by atomic mass is 10.1. The van der Waals surface area contributed by atoms with Crippen LogP contribution in [0.15, 0.2) is 0 Å². The first-order chi connectivity index (χ1) is 6.33. The van der Waals surface area contributed by atoms with E-state index >= 15 is 0 Å². The summed E-state index contributed by atoms with van der Waals surface area (Å²) < 4.78 is 5.31. The van der Waals surface area contributed by atoms with Crippen LogP contribution in [0.1, 0.15) is 26.2 Å². The van der Waals surface area contributed by atoms with E-state index in [4.69, 9.17) is 4.74 Å². The normalized spacial score (nSPS) is 24.9. The average Bonchev–Trinajstić information content (AvgIpc) is 2.64. The van der Waals surface area contributed by atoms with Crippen LogP contribution in [0.5, 0.6) is 0 Å². The van der Waals surface area contributed by atoms with E-state index in [9.17, 15) is 0 Å².